The number of hydrogen-bond acceptors (Lipinski definition) is 4. The second-order valence-electron chi connectivity index (χ2n) is 6.58. The van der Waals surface area contributed by atoms with Crippen LogP contribution in [0.15, 0.2) is 16.3 Å². The van der Waals surface area contributed by atoms with E-state index in [-0.39, 0.29) is 18.4 Å². The molecule has 2 fully saturated rings. The van der Waals surface area contributed by atoms with Gasteiger partial charge in [-0.05, 0) is 31.9 Å². The Kier molecular flexibility index (Phi) is 5.08. The van der Waals surface area contributed by atoms with Gasteiger partial charge in [0.1, 0.15) is 4.21 Å². The van der Waals surface area contributed by atoms with E-state index < -0.39 is 10.0 Å². The first kappa shape index (κ1) is 16.9. The Morgan fingerprint density at radius 1 is 1.17 bits per heavy atom. The highest BCUT2D eigenvalue weighted by molar-refractivity contribution is 7.91. The molecule has 5 nitrogen and oxygen atoms in total. The summed E-state index contributed by atoms with van der Waals surface area (Å²) in [6, 6.07) is 3.42. The van der Waals surface area contributed by atoms with Gasteiger partial charge >= 0.3 is 0 Å². The number of sulfonamides is 1. The van der Waals surface area contributed by atoms with E-state index >= 15 is 0 Å². The van der Waals surface area contributed by atoms with Crippen LogP contribution in [0.4, 0.5) is 0 Å². The Labute approximate surface area is 142 Å². The van der Waals surface area contributed by atoms with Crippen molar-refractivity contribution in [3.63, 3.8) is 0 Å². The topological polar surface area (TPSA) is 66.5 Å². The fourth-order valence-electron chi connectivity index (χ4n) is 3.57. The highest BCUT2D eigenvalue weighted by Crippen LogP contribution is 2.27. The molecule has 1 amide bonds. The minimum absolute atomic E-state index is 0.0898. The third kappa shape index (κ3) is 3.95. The highest BCUT2D eigenvalue weighted by Gasteiger charge is 2.36. The van der Waals surface area contributed by atoms with Crippen LogP contribution in [0, 0.1) is 6.92 Å². The molecule has 2 heterocycles. The second kappa shape index (κ2) is 6.91. The molecular formula is C16H24N2O3S2. The Bertz CT molecular complexity index is 661. The van der Waals surface area contributed by atoms with Gasteiger partial charge in [-0.15, -0.1) is 11.3 Å². The van der Waals surface area contributed by atoms with E-state index in [0.29, 0.717) is 16.8 Å². The van der Waals surface area contributed by atoms with Crippen LogP contribution in [0.25, 0.3) is 0 Å². The van der Waals surface area contributed by atoms with Gasteiger partial charge in [-0.2, -0.15) is 0 Å². The van der Waals surface area contributed by atoms with E-state index in [4.69, 9.17) is 0 Å². The molecule has 1 saturated carbocycles. The summed E-state index contributed by atoms with van der Waals surface area (Å²) in [5, 5.41) is 0. The van der Waals surface area contributed by atoms with Gasteiger partial charge in [-0.1, -0.05) is 25.7 Å². The maximum Gasteiger partial charge on any atom is 0.250 e. The van der Waals surface area contributed by atoms with Gasteiger partial charge in [0, 0.05) is 29.9 Å². The van der Waals surface area contributed by atoms with Crippen molar-refractivity contribution >= 4 is 27.3 Å². The maximum absolute atomic E-state index is 12.4. The lowest BCUT2D eigenvalue weighted by molar-refractivity contribution is -0.129. The molecule has 2 aliphatic rings. The average molecular weight is 357 g/mol. The summed E-state index contributed by atoms with van der Waals surface area (Å²) < 4.78 is 27.9. The third-order valence-corrected chi connectivity index (χ3v) is 7.74. The Morgan fingerprint density at radius 3 is 2.48 bits per heavy atom. The van der Waals surface area contributed by atoms with Crippen LogP contribution in [0.1, 0.15) is 49.8 Å². The van der Waals surface area contributed by atoms with Gasteiger partial charge in [0.2, 0.25) is 15.9 Å². The van der Waals surface area contributed by atoms with E-state index in [0.717, 1.165) is 17.7 Å². The molecule has 1 saturated heterocycles. The molecule has 1 N–H and O–H groups in total. The summed E-state index contributed by atoms with van der Waals surface area (Å²) in [7, 11) is -3.52. The lowest BCUT2D eigenvalue weighted by atomic mass is 10.1. The summed E-state index contributed by atoms with van der Waals surface area (Å²) in [5.41, 5.74) is 0. The number of aryl methyl sites for hydroxylation is 1. The van der Waals surface area contributed by atoms with E-state index in [2.05, 4.69) is 4.72 Å². The molecule has 1 aromatic heterocycles. The van der Waals surface area contributed by atoms with Gasteiger partial charge < -0.3 is 4.90 Å². The molecule has 0 aromatic carbocycles. The number of carbonyl (C=O) groups is 1. The Balaban J connectivity index is 1.65. The number of thiophene rings is 1. The molecule has 0 bridgehead atoms. The molecule has 1 atom stereocenters. The van der Waals surface area contributed by atoms with Crippen LogP contribution in [0.3, 0.4) is 0 Å². The number of amides is 1. The molecule has 23 heavy (non-hydrogen) atoms. The Morgan fingerprint density at radius 2 is 1.87 bits per heavy atom. The predicted octanol–water partition coefficient (Wildman–Crippen LogP) is 2.66. The summed E-state index contributed by atoms with van der Waals surface area (Å²) >= 11 is 1.26. The zero-order chi connectivity index (χ0) is 16.4. The smallest absolute Gasteiger partial charge is 0.250 e. The first-order valence-electron chi connectivity index (χ1n) is 8.34. The van der Waals surface area contributed by atoms with Gasteiger partial charge in [-0.3, -0.25) is 4.79 Å². The molecular weight excluding hydrogens is 332 g/mol. The molecule has 128 valence electrons. The van der Waals surface area contributed by atoms with Crippen molar-refractivity contribution in [2.45, 2.75) is 68.2 Å². The number of nitrogens with zero attached hydrogens (tertiary/aromatic N) is 1. The van der Waals surface area contributed by atoms with E-state index in [9.17, 15) is 13.2 Å². The lowest BCUT2D eigenvalue weighted by Crippen LogP contribution is -2.40. The summed E-state index contributed by atoms with van der Waals surface area (Å²) in [4.78, 5) is 15.2. The summed E-state index contributed by atoms with van der Waals surface area (Å²) in [6.07, 6.45) is 7.20. The van der Waals surface area contributed by atoms with Gasteiger partial charge in [0.25, 0.3) is 0 Å². The minimum atomic E-state index is -3.52. The first-order valence-corrected chi connectivity index (χ1v) is 10.6. The second-order valence-corrected chi connectivity index (χ2v) is 9.81. The van der Waals surface area contributed by atoms with Crippen LogP contribution in [-0.4, -0.2) is 37.9 Å². The van der Waals surface area contributed by atoms with E-state index in [1.54, 1.807) is 12.1 Å². The van der Waals surface area contributed by atoms with Crippen LogP contribution in [0.2, 0.25) is 0 Å². The first-order chi connectivity index (χ1) is 11.0. The van der Waals surface area contributed by atoms with Gasteiger partial charge in [-0.25, -0.2) is 13.1 Å². The van der Waals surface area contributed by atoms with Crippen LogP contribution >= 0.6 is 11.3 Å². The van der Waals surface area contributed by atoms with E-state index in [1.807, 2.05) is 11.8 Å². The van der Waals surface area contributed by atoms with Crippen molar-refractivity contribution in [3.8, 4) is 0 Å². The molecule has 1 aliphatic carbocycles. The zero-order valence-corrected chi connectivity index (χ0v) is 15.1. The number of hydrogen-bond donors (Lipinski definition) is 1. The van der Waals surface area contributed by atoms with Gasteiger partial charge in [0.05, 0.1) is 0 Å². The van der Waals surface area contributed by atoms with Crippen molar-refractivity contribution in [3.05, 3.63) is 17.0 Å². The molecule has 0 unspecified atom stereocenters. The van der Waals surface area contributed by atoms with Crippen molar-refractivity contribution in [1.29, 1.82) is 0 Å². The van der Waals surface area contributed by atoms with Crippen molar-refractivity contribution in [2.24, 2.45) is 0 Å². The number of rotatable bonds is 4. The standard InChI is InChI=1S/C16H24N2O3S2/c1-12-8-9-16(22-12)23(20,21)17-13-10-15(19)18(11-13)14-6-4-2-3-5-7-14/h8-9,13-14,17H,2-7,10-11H2,1H3/t13-/m1/s1. The van der Waals surface area contributed by atoms with Crippen LogP contribution in [-0.2, 0) is 14.8 Å². The fourth-order valence-corrected chi connectivity index (χ4v) is 6.09. The summed E-state index contributed by atoms with van der Waals surface area (Å²) in [6.45, 7) is 2.39. The molecule has 0 spiro atoms. The maximum atomic E-state index is 12.4. The zero-order valence-electron chi connectivity index (χ0n) is 13.5. The van der Waals surface area contributed by atoms with Crippen LogP contribution < -0.4 is 4.72 Å². The minimum Gasteiger partial charge on any atom is -0.338 e. The molecule has 1 aliphatic heterocycles. The molecule has 7 heteroatoms. The largest absolute Gasteiger partial charge is 0.338 e. The predicted molar refractivity (Wildman–Crippen MR) is 91.0 cm³/mol. The van der Waals surface area contributed by atoms with Gasteiger partial charge in [0.15, 0.2) is 0 Å². The molecule has 1 aromatic rings. The SMILES string of the molecule is Cc1ccc(S(=O)(=O)N[C@@H]2CC(=O)N(C3CCCCCC3)C2)s1. The highest BCUT2D eigenvalue weighted by atomic mass is 32.2. The molecule has 0 radical (unpaired) electrons. The normalized spacial score (nSPS) is 24.1. The monoisotopic (exact) mass is 356 g/mol. The number of likely N-dealkylation sites (tertiary alicyclic amines) is 1. The fraction of sp³-hybridized carbons (Fsp3) is 0.688. The van der Waals surface area contributed by atoms with Crippen molar-refractivity contribution < 1.29 is 13.2 Å². The van der Waals surface area contributed by atoms with Crippen LogP contribution in [0.5, 0.6) is 0 Å². The quantitative estimate of drug-likeness (QED) is 0.844. The van der Waals surface area contributed by atoms with Crippen molar-refractivity contribution in [2.75, 3.05) is 6.54 Å². The number of nitrogens with one attached hydrogen (secondary N) is 1. The lowest BCUT2D eigenvalue weighted by Gasteiger charge is -2.27. The Hall–Kier alpha value is -0.920. The third-order valence-electron chi connectivity index (χ3n) is 4.73. The molecule has 3 rings (SSSR count). The summed E-state index contributed by atoms with van der Waals surface area (Å²) in [5.74, 6) is 0.0898. The van der Waals surface area contributed by atoms with Crippen molar-refractivity contribution in [1.82, 2.24) is 9.62 Å². The van der Waals surface area contributed by atoms with E-state index in [1.165, 1.54) is 37.0 Å². The number of carbonyl (C=O) groups excluding carboxylic acids is 1. The average Bonchev–Trinajstić information content (AvgIpc) is 2.96.